The molecule has 0 fully saturated rings. The number of fused-ring (bicyclic) bond motifs is 1. The number of aryl methyl sites for hydroxylation is 1. The Morgan fingerprint density at radius 1 is 1.44 bits per heavy atom. The number of carbonyl (C=O) groups excluding carboxylic acids is 1. The van der Waals surface area contributed by atoms with Gasteiger partial charge in [0.15, 0.2) is 11.3 Å². The number of furan rings is 1. The summed E-state index contributed by atoms with van der Waals surface area (Å²) in [5, 5.41) is 10.9. The Hall–Kier alpha value is -2.17. The number of hydrogen-bond acceptors (Lipinski definition) is 5. The van der Waals surface area contributed by atoms with Crippen molar-refractivity contribution >= 4 is 16.9 Å². The molecular weight excluding hydrogens is 236 g/mol. The average molecular weight is 250 g/mol. The Morgan fingerprint density at radius 2 is 2.22 bits per heavy atom. The van der Waals surface area contributed by atoms with Gasteiger partial charge in [-0.2, -0.15) is 0 Å². The first-order valence-corrected chi connectivity index (χ1v) is 5.50. The Bertz CT molecular complexity index is 570. The van der Waals surface area contributed by atoms with Gasteiger partial charge in [-0.15, -0.1) is 0 Å². The number of esters is 1. The van der Waals surface area contributed by atoms with Crippen molar-refractivity contribution in [1.29, 1.82) is 0 Å². The quantitative estimate of drug-likeness (QED) is 0.843. The molecule has 5 heteroatoms. The Kier molecular flexibility index (Phi) is 3.41. The lowest BCUT2D eigenvalue weighted by molar-refractivity contribution is -0.140. The van der Waals surface area contributed by atoms with E-state index in [0.717, 1.165) is 5.39 Å². The first-order chi connectivity index (χ1) is 8.67. The molecule has 1 heterocycles. The van der Waals surface area contributed by atoms with Gasteiger partial charge in [0.25, 0.3) is 0 Å². The number of aromatic hydroxyl groups is 1. The standard InChI is InChI=1S/C13H14O5/c1-16-10(14)4-3-8-7-9-5-6-18-12(9)13(17-2)11(8)15/h5-7,15H,3-4H2,1-2H3. The van der Waals surface area contributed by atoms with E-state index < -0.39 is 0 Å². The summed E-state index contributed by atoms with van der Waals surface area (Å²) in [5.74, 6) is -0.0260. The number of rotatable bonds is 4. The van der Waals surface area contributed by atoms with E-state index in [1.54, 1.807) is 12.1 Å². The lowest BCUT2D eigenvalue weighted by Gasteiger charge is -2.09. The Morgan fingerprint density at radius 3 is 2.89 bits per heavy atom. The highest BCUT2D eigenvalue weighted by molar-refractivity contribution is 5.87. The predicted molar refractivity (Wildman–Crippen MR) is 64.8 cm³/mol. The zero-order chi connectivity index (χ0) is 13.1. The zero-order valence-corrected chi connectivity index (χ0v) is 10.2. The van der Waals surface area contributed by atoms with Crippen LogP contribution in [0.4, 0.5) is 0 Å². The van der Waals surface area contributed by atoms with Gasteiger partial charge in [-0.1, -0.05) is 0 Å². The van der Waals surface area contributed by atoms with Gasteiger partial charge in [0, 0.05) is 11.8 Å². The molecule has 0 aliphatic heterocycles. The molecule has 18 heavy (non-hydrogen) atoms. The maximum absolute atomic E-state index is 11.1. The number of ether oxygens (including phenoxy) is 2. The molecule has 5 nitrogen and oxygen atoms in total. The summed E-state index contributed by atoms with van der Waals surface area (Å²) in [6.07, 6.45) is 2.11. The van der Waals surface area contributed by atoms with Crippen molar-refractivity contribution in [2.45, 2.75) is 12.8 Å². The highest BCUT2D eigenvalue weighted by atomic mass is 16.5. The summed E-state index contributed by atoms with van der Waals surface area (Å²) in [6, 6.07) is 3.55. The van der Waals surface area contributed by atoms with Gasteiger partial charge in [0.2, 0.25) is 5.75 Å². The summed E-state index contributed by atoms with van der Waals surface area (Å²) < 4.78 is 14.9. The number of benzene rings is 1. The van der Waals surface area contributed by atoms with Crippen LogP contribution in [0.25, 0.3) is 11.0 Å². The van der Waals surface area contributed by atoms with Crippen LogP contribution in [0, 0.1) is 0 Å². The molecule has 0 saturated carbocycles. The molecule has 0 aliphatic rings. The van der Waals surface area contributed by atoms with Gasteiger partial charge in [-0.3, -0.25) is 4.79 Å². The summed E-state index contributed by atoms with van der Waals surface area (Å²) in [7, 11) is 2.79. The van der Waals surface area contributed by atoms with E-state index in [0.29, 0.717) is 17.6 Å². The topological polar surface area (TPSA) is 68.9 Å². The van der Waals surface area contributed by atoms with Crippen LogP contribution in [0.15, 0.2) is 22.8 Å². The predicted octanol–water partition coefficient (Wildman–Crippen LogP) is 2.25. The molecule has 0 spiro atoms. The van der Waals surface area contributed by atoms with E-state index >= 15 is 0 Å². The van der Waals surface area contributed by atoms with E-state index in [9.17, 15) is 9.90 Å². The second-order valence-electron chi connectivity index (χ2n) is 3.83. The first-order valence-electron chi connectivity index (χ1n) is 5.50. The second kappa shape index (κ2) is 5.00. The monoisotopic (exact) mass is 250 g/mol. The largest absolute Gasteiger partial charge is 0.504 e. The van der Waals surface area contributed by atoms with Crippen LogP contribution < -0.4 is 4.74 Å². The number of methoxy groups -OCH3 is 2. The smallest absolute Gasteiger partial charge is 0.305 e. The molecular formula is C13H14O5. The molecule has 0 saturated heterocycles. The van der Waals surface area contributed by atoms with Crippen LogP contribution in [0.5, 0.6) is 11.5 Å². The fourth-order valence-corrected chi connectivity index (χ4v) is 1.85. The molecule has 0 unspecified atom stereocenters. The van der Waals surface area contributed by atoms with Crippen LogP contribution in [0.1, 0.15) is 12.0 Å². The van der Waals surface area contributed by atoms with Gasteiger partial charge in [-0.05, 0) is 24.1 Å². The maximum atomic E-state index is 11.1. The number of phenolic OH excluding ortho intramolecular Hbond substituents is 1. The third-order valence-electron chi connectivity index (χ3n) is 2.78. The number of carbonyl (C=O) groups is 1. The summed E-state index contributed by atoms with van der Waals surface area (Å²) >= 11 is 0. The summed E-state index contributed by atoms with van der Waals surface area (Å²) in [4.78, 5) is 11.1. The highest BCUT2D eigenvalue weighted by Crippen LogP contribution is 2.38. The van der Waals surface area contributed by atoms with Gasteiger partial charge in [0.05, 0.1) is 20.5 Å². The molecule has 1 aromatic carbocycles. The van der Waals surface area contributed by atoms with Crippen molar-refractivity contribution in [3.8, 4) is 11.5 Å². The number of hydrogen-bond donors (Lipinski definition) is 1. The van der Waals surface area contributed by atoms with Crippen molar-refractivity contribution in [1.82, 2.24) is 0 Å². The minimum absolute atomic E-state index is 0.00357. The molecule has 0 radical (unpaired) electrons. The van der Waals surface area contributed by atoms with Gasteiger partial charge >= 0.3 is 5.97 Å². The minimum Gasteiger partial charge on any atom is -0.504 e. The molecule has 1 N–H and O–H groups in total. The van der Waals surface area contributed by atoms with Gasteiger partial charge < -0.3 is 19.0 Å². The lowest BCUT2D eigenvalue weighted by atomic mass is 10.1. The third-order valence-corrected chi connectivity index (χ3v) is 2.78. The van der Waals surface area contributed by atoms with Crippen molar-refractivity contribution in [2.24, 2.45) is 0 Å². The lowest BCUT2D eigenvalue weighted by Crippen LogP contribution is -2.02. The van der Waals surface area contributed by atoms with Gasteiger partial charge in [0.1, 0.15) is 0 Å². The molecule has 1 aromatic heterocycles. The van der Waals surface area contributed by atoms with E-state index in [4.69, 9.17) is 9.15 Å². The van der Waals surface area contributed by atoms with Crippen molar-refractivity contribution in [3.05, 3.63) is 24.0 Å². The van der Waals surface area contributed by atoms with Crippen LogP contribution >= 0.6 is 0 Å². The zero-order valence-electron chi connectivity index (χ0n) is 10.2. The fraction of sp³-hybridized carbons (Fsp3) is 0.308. The number of phenols is 1. The molecule has 2 rings (SSSR count). The van der Waals surface area contributed by atoms with Crippen LogP contribution in [-0.4, -0.2) is 25.3 Å². The van der Waals surface area contributed by atoms with Crippen LogP contribution in [0.2, 0.25) is 0 Å². The normalized spacial score (nSPS) is 10.6. The molecule has 0 atom stereocenters. The molecule has 96 valence electrons. The van der Waals surface area contributed by atoms with E-state index in [-0.39, 0.29) is 23.9 Å². The van der Waals surface area contributed by atoms with E-state index in [2.05, 4.69) is 4.74 Å². The van der Waals surface area contributed by atoms with E-state index in [1.807, 2.05) is 0 Å². The maximum Gasteiger partial charge on any atom is 0.305 e. The first kappa shape index (κ1) is 12.3. The molecule has 0 bridgehead atoms. The van der Waals surface area contributed by atoms with Crippen LogP contribution in [0.3, 0.4) is 0 Å². The van der Waals surface area contributed by atoms with Crippen molar-refractivity contribution in [3.63, 3.8) is 0 Å². The van der Waals surface area contributed by atoms with E-state index in [1.165, 1.54) is 20.5 Å². The second-order valence-corrected chi connectivity index (χ2v) is 3.83. The Labute approximate surface area is 104 Å². The average Bonchev–Trinajstić information content (AvgIpc) is 2.83. The SMILES string of the molecule is COC(=O)CCc1cc2ccoc2c(OC)c1O. The highest BCUT2D eigenvalue weighted by Gasteiger charge is 2.16. The Balaban J connectivity index is 2.38. The summed E-state index contributed by atoms with van der Waals surface area (Å²) in [5.41, 5.74) is 1.13. The molecule has 0 amide bonds. The molecule has 0 aliphatic carbocycles. The van der Waals surface area contributed by atoms with Crippen molar-refractivity contribution < 1.29 is 23.8 Å². The van der Waals surface area contributed by atoms with Crippen molar-refractivity contribution in [2.75, 3.05) is 14.2 Å². The van der Waals surface area contributed by atoms with Gasteiger partial charge in [-0.25, -0.2) is 0 Å². The summed E-state index contributed by atoms with van der Waals surface area (Å²) in [6.45, 7) is 0. The molecule has 2 aromatic rings. The van der Waals surface area contributed by atoms with Crippen LogP contribution in [-0.2, 0) is 16.0 Å². The fourth-order valence-electron chi connectivity index (χ4n) is 1.85. The third kappa shape index (κ3) is 2.11. The minimum atomic E-state index is -0.319.